The lowest BCUT2D eigenvalue weighted by atomic mass is 9.82. The lowest BCUT2D eigenvalue weighted by molar-refractivity contribution is -0.00107. The third-order valence-electron chi connectivity index (χ3n) is 5.37. The monoisotopic (exact) mass is 254 g/mol. The average molecular weight is 254 g/mol. The molecule has 3 heteroatoms. The first-order valence-corrected chi connectivity index (χ1v) is 7.73. The molecular formula is C15H30N2O. The Morgan fingerprint density at radius 2 is 2.06 bits per heavy atom. The smallest absolute Gasteiger partial charge is 0.0747 e. The van der Waals surface area contributed by atoms with Crippen LogP contribution in [0.3, 0.4) is 0 Å². The summed E-state index contributed by atoms with van der Waals surface area (Å²) < 4.78 is 6.04. The Balaban J connectivity index is 1.97. The molecule has 0 aliphatic carbocycles. The van der Waals surface area contributed by atoms with Crippen molar-refractivity contribution < 1.29 is 4.74 Å². The third-order valence-corrected chi connectivity index (χ3v) is 5.37. The van der Waals surface area contributed by atoms with Crippen molar-refractivity contribution in [1.82, 2.24) is 4.90 Å². The molecule has 2 saturated heterocycles. The van der Waals surface area contributed by atoms with Gasteiger partial charge < -0.3 is 10.5 Å². The van der Waals surface area contributed by atoms with Gasteiger partial charge in [0.2, 0.25) is 0 Å². The molecule has 0 saturated carbocycles. The zero-order valence-electron chi connectivity index (χ0n) is 12.3. The maximum Gasteiger partial charge on any atom is 0.0747 e. The fraction of sp³-hybridized carbons (Fsp3) is 1.00. The van der Waals surface area contributed by atoms with Gasteiger partial charge in [-0.25, -0.2) is 0 Å². The van der Waals surface area contributed by atoms with E-state index in [1.54, 1.807) is 0 Å². The quantitative estimate of drug-likeness (QED) is 0.819. The standard InChI is InChI=1S/C15H30N2O/c1-4-15(5-2)8-9-17(11-15)13(10-16)14-7-6-12(3)18-14/h12-14H,4-11,16H2,1-3H3. The highest BCUT2D eigenvalue weighted by Gasteiger charge is 2.41. The maximum absolute atomic E-state index is 6.04. The average Bonchev–Trinajstić information content (AvgIpc) is 2.99. The second-order valence-electron chi connectivity index (χ2n) is 6.29. The van der Waals surface area contributed by atoms with E-state index in [9.17, 15) is 0 Å². The second-order valence-corrected chi connectivity index (χ2v) is 6.29. The summed E-state index contributed by atoms with van der Waals surface area (Å²) in [7, 11) is 0. The summed E-state index contributed by atoms with van der Waals surface area (Å²) in [5.74, 6) is 0. The first-order chi connectivity index (χ1) is 8.64. The summed E-state index contributed by atoms with van der Waals surface area (Å²) in [6, 6.07) is 0.440. The Kier molecular flexibility index (Phi) is 4.68. The predicted octanol–water partition coefficient (Wildman–Crippen LogP) is 2.39. The second kappa shape index (κ2) is 5.89. The largest absolute Gasteiger partial charge is 0.374 e. The highest BCUT2D eigenvalue weighted by molar-refractivity contribution is 4.94. The van der Waals surface area contributed by atoms with Gasteiger partial charge in [-0.1, -0.05) is 13.8 Å². The molecule has 0 bridgehead atoms. The highest BCUT2D eigenvalue weighted by Crippen LogP contribution is 2.39. The molecule has 106 valence electrons. The van der Waals surface area contributed by atoms with Gasteiger partial charge in [-0.2, -0.15) is 0 Å². The number of likely N-dealkylation sites (tertiary alicyclic amines) is 1. The van der Waals surface area contributed by atoms with Crippen LogP contribution in [0.4, 0.5) is 0 Å². The van der Waals surface area contributed by atoms with E-state index in [1.807, 2.05) is 0 Å². The zero-order valence-corrected chi connectivity index (χ0v) is 12.3. The van der Waals surface area contributed by atoms with Crippen LogP contribution in [0.5, 0.6) is 0 Å². The molecule has 0 aromatic heterocycles. The van der Waals surface area contributed by atoms with E-state index in [0.29, 0.717) is 23.7 Å². The van der Waals surface area contributed by atoms with Crippen molar-refractivity contribution in [2.75, 3.05) is 19.6 Å². The van der Waals surface area contributed by atoms with Crippen LogP contribution in [0.25, 0.3) is 0 Å². The Hall–Kier alpha value is -0.120. The van der Waals surface area contributed by atoms with Crippen LogP contribution in [-0.4, -0.2) is 42.8 Å². The summed E-state index contributed by atoms with van der Waals surface area (Å²) in [5, 5.41) is 0. The Labute approximate surface area is 112 Å². The molecular weight excluding hydrogens is 224 g/mol. The molecule has 0 aromatic carbocycles. The van der Waals surface area contributed by atoms with Crippen LogP contribution < -0.4 is 5.73 Å². The van der Waals surface area contributed by atoms with Crippen LogP contribution in [0.15, 0.2) is 0 Å². The molecule has 18 heavy (non-hydrogen) atoms. The summed E-state index contributed by atoms with van der Waals surface area (Å²) in [6.45, 7) is 10.0. The van der Waals surface area contributed by atoms with E-state index in [-0.39, 0.29) is 0 Å². The number of rotatable bonds is 5. The summed E-state index contributed by atoms with van der Waals surface area (Å²) in [6.07, 6.45) is 7.09. The van der Waals surface area contributed by atoms with Crippen molar-refractivity contribution in [3.8, 4) is 0 Å². The Bertz CT molecular complexity index is 265. The third kappa shape index (κ3) is 2.73. The molecule has 2 N–H and O–H groups in total. The van der Waals surface area contributed by atoms with Crippen molar-refractivity contribution in [2.45, 2.75) is 71.1 Å². The van der Waals surface area contributed by atoms with Crippen molar-refractivity contribution in [2.24, 2.45) is 11.1 Å². The van der Waals surface area contributed by atoms with Gasteiger partial charge in [0.1, 0.15) is 0 Å². The van der Waals surface area contributed by atoms with Gasteiger partial charge in [-0.3, -0.25) is 4.90 Å². The van der Waals surface area contributed by atoms with Crippen LogP contribution in [0.1, 0.15) is 52.9 Å². The molecule has 2 aliphatic rings. The van der Waals surface area contributed by atoms with Gasteiger partial charge in [-0.15, -0.1) is 0 Å². The SMILES string of the molecule is CCC1(CC)CCN(C(CN)C2CCC(C)O2)C1. The fourth-order valence-electron chi connectivity index (χ4n) is 3.73. The molecule has 2 rings (SSSR count). The van der Waals surface area contributed by atoms with Crippen molar-refractivity contribution >= 4 is 0 Å². The molecule has 3 atom stereocenters. The number of ether oxygens (including phenoxy) is 1. The van der Waals surface area contributed by atoms with Gasteiger partial charge >= 0.3 is 0 Å². The Morgan fingerprint density at radius 1 is 1.33 bits per heavy atom. The van der Waals surface area contributed by atoms with E-state index in [0.717, 1.165) is 6.54 Å². The Morgan fingerprint density at radius 3 is 2.50 bits per heavy atom. The molecule has 3 nitrogen and oxygen atoms in total. The molecule has 0 aromatic rings. The van der Waals surface area contributed by atoms with Crippen LogP contribution in [-0.2, 0) is 4.74 Å². The summed E-state index contributed by atoms with van der Waals surface area (Å²) in [4.78, 5) is 2.61. The molecule has 0 spiro atoms. The maximum atomic E-state index is 6.04. The topological polar surface area (TPSA) is 38.5 Å². The lowest BCUT2D eigenvalue weighted by Crippen LogP contribution is -2.48. The van der Waals surface area contributed by atoms with Crippen LogP contribution in [0, 0.1) is 5.41 Å². The van der Waals surface area contributed by atoms with Crippen molar-refractivity contribution in [3.63, 3.8) is 0 Å². The number of nitrogens with two attached hydrogens (primary N) is 1. The van der Waals surface area contributed by atoms with Gasteiger partial charge in [-0.05, 0) is 51.0 Å². The lowest BCUT2D eigenvalue weighted by Gasteiger charge is -2.33. The first kappa shape index (κ1) is 14.3. The minimum Gasteiger partial charge on any atom is -0.374 e. The van der Waals surface area contributed by atoms with Gasteiger partial charge in [0.25, 0.3) is 0 Å². The highest BCUT2D eigenvalue weighted by atomic mass is 16.5. The molecule has 2 heterocycles. The number of hydrogen-bond acceptors (Lipinski definition) is 3. The minimum atomic E-state index is 0.370. The van der Waals surface area contributed by atoms with E-state index in [2.05, 4.69) is 25.7 Å². The van der Waals surface area contributed by atoms with E-state index in [1.165, 1.54) is 45.2 Å². The van der Waals surface area contributed by atoms with Gasteiger partial charge in [0.05, 0.1) is 12.2 Å². The number of hydrogen-bond donors (Lipinski definition) is 1. The van der Waals surface area contributed by atoms with Crippen molar-refractivity contribution in [3.05, 3.63) is 0 Å². The molecule has 0 amide bonds. The van der Waals surface area contributed by atoms with E-state index < -0.39 is 0 Å². The number of nitrogens with zero attached hydrogens (tertiary/aromatic N) is 1. The van der Waals surface area contributed by atoms with Crippen LogP contribution >= 0.6 is 0 Å². The molecule has 0 radical (unpaired) electrons. The van der Waals surface area contributed by atoms with Gasteiger partial charge in [0.15, 0.2) is 0 Å². The molecule has 2 fully saturated rings. The van der Waals surface area contributed by atoms with E-state index in [4.69, 9.17) is 10.5 Å². The predicted molar refractivity (Wildman–Crippen MR) is 75.6 cm³/mol. The zero-order chi connectivity index (χ0) is 13.2. The van der Waals surface area contributed by atoms with E-state index >= 15 is 0 Å². The fourth-order valence-corrected chi connectivity index (χ4v) is 3.73. The first-order valence-electron chi connectivity index (χ1n) is 7.73. The van der Waals surface area contributed by atoms with Gasteiger partial charge in [0, 0.05) is 19.1 Å². The minimum absolute atomic E-state index is 0.370. The molecule has 2 aliphatic heterocycles. The van der Waals surface area contributed by atoms with Crippen LogP contribution in [0.2, 0.25) is 0 Å². The summed E-state index contributed by atoms with van der Waals surface area (Å²) in [5.41, 5.74) is 6.57. The normalized spacial score (nSPS) is 34.0. The molecule has 3 unspecified atom stereocenters. The van der Waals surface area contributed by atoms with Crippen molar-refractivity contribution in [1.29, 1.82) is 0 Å². The summed E-state index contributed by atoms with van der Waals surface area (Å²) >= 11 is 0.